The van der Waals surface area contributed by atoms with Gasteiger partial charge < -0.3 is 10.5 Å². The van der Waals surface area contributed by atoms with Gasteiger partial charge in [0.25, 0.3) is 0 Å². The number of halogens is 1. The minimum Gasteiger partial charge on any atom is -0.399 e. The Balaban J connectivity index is 1.87. The number of anilines is 1. The summed E-state index contributed by atoms with van der Waals surface area (Å²) in [5.74, 6) is 0.737. The van der Waals surface area contributed by atoms with Crippen molar-refractivity contribution in [1.82, 2.24) is 4.90 Å². The van der Waals surface area contributed by atoms with Gasteiger partial charge in [0.1, 0.15) is 0 Å². The molecule has 1 heterocycles. The van der Waals surface area contributed by atoms with E-state index >= 15 is 0 Å². The van der Waals surface area contributed by atoms with Crippen LogP contribution in [0.15, 0.2) is 22.7 Å². The Morgan fingerprint density at radius 1 is 1.39 bits per heavy atom. The van der Waals surface area contributed by atoms with Crippen molar-refractivity contribution in [3.63, 3.8) is 0 Å². The molecule has 0 atom stereocenters. The van der Waals surface area contributed by atoms with Crippen LogP contribution in [0, 0.1) is 5.92 Å². The molecule has 4 heteroatoms. The highest BCUT2D eigenvalue weighted by Gasteiger charge is 2.19. The molecule has 1 aromatic carbocycles. The molecule has 0 aliphatic carbocycles. The predicted molar refractivity (Wildman–Crippen MR) is 78.4 cm³/mol. The molecule has 18 heavy (non-hydrogen) atoms. The van der Waals surface area contributed by atoms with E-state index in [0.717, 1.165) is 42.3 Å². The average molecular weight is 313 g/mol. The molecule has 100 valence electrons. The number of likely N-dealkylation sites (tertiary alicyclic amines) is 1. The van der Waals surface area contributed by atoms with Crippen LogP contribution < -0.4 is 5.73 Å². The average Bonchev–Trinajstić information content (AvgIpc) is 2.35. The molecule has 1 fully saturated rings. The largest absolute Gasteiger partial charge is 0.399 e. The zero-order valence-electron chi connectivity index (χ0n) is 10.9. The van der Waals surface area contributed by atoms with Crippen LogP contribution in [0.4, 0.5) is 5.69 Å². The Labute approximate surface area is 117 Å². The van der Waals surface area contributed by atoms with Crippen molar-refractivity contribution in [1.29, 1.82) is 0 Å². The fourth-order valence-electron chi connectivity index (χ4n) is 2.48. The lowest BCUT2D eigenvalue weighted by Gasteiger charge is -2.31. The van der Waals surface area contributed by atoms with E-state index in [1.54, 1.807) is 7.11 Å². The van der Waals surface area contributed by atoms with E-state index in [4.69, 9.17) is 10.5 Å². The van der Waals surface area contributed by atoms with Crippen molar-refractivity contribution in [3.8, 4) is 0 Å². The zero-order chi connectivity index (χ0) is 13.0. The second-order valence-corrected chi connectivity index (χ2v) is 5.88. The lowest BCUT2D eigenvalue weighted by atomic mass is 9.97. The molecule has 0 aromatic heterocycles. The van der Waals surface area contributed by atoms with Crippen molar-refractivity contribution < 1.29 is 4.74 Å². The normalized spacial score (nSPS) is 18.1. The van der Waals surface area contributed by atoms with Gasteiger partial charge in [0.05, 0.1) is 0 Å². The minimum absolute atomic E-state index is 0.737. The Hall–Kier alpha value is -0.580. The van der Waals surface area contributed by atoms with E-state index in [-0.39, 0.29) is 0 Å². The quantitative estimate of drug-likeness (QED) is 0.869. The summed E-state index contributed by atoms with van der Waals surface area (Å²) in [5.41, 5.74) is 7.88. The maximum atomic E-state index is 5.75. The summed E-state index contributed by atoms with van der Waals surface area (Å²) in [6, 6.07) is 6.06. The van der Waals surface area contributed by atoms with Gasteiger partial charge in [0.15, 0.2) is 0 Å². The number of nitrogens with two attached hydrogens (primary N) is 1. The third kappa shape index (κ3) is 3.70. The number of benzene rings is 1. The maximum Gasteiger partial charge on any atom is 0.0491 e. The van der Waals surface area contributed by atoms with E-state index in [0.29, 0.717) is 0 Å². The first-order chi connectivity index (χ1) is 8.69. The number of rotatable bonds is 4. The van der Waals surface area contributed by atoms with Gasteiger partial charge in [0.2, 0.25) is 0 Å². The number of hydrogen-bond donors (Lipinski definition) is 1. The molecule has 0 radical (unpaired) electrons. The van der Waals surface area contributed by atoms with Crippen LogP contribution in [0.5, 0.6) is 0 Å². The summed E-state index contributed by atoms with van der Waals surface area (Å²) in [6.07, 6.45) is 2.47. The SMILES string of the molecule is COCC1CCN(Cc2ccc(N)cc2Br)CC1. The minimum atomic E-state index is 0.737. The number of ether oxygens (including phenoxy) is 1. The fourth-order valence-corrected chi connectivity index (χ4v) is 3.00. The third-order valence-electron chi connectivity index (χ3n) is 3.58. The molecule has 1 aliphatic rings. The second kappa shape index (κ2) is 6.55. The van der Waals surface area contributed by atoms with Crippen molar-refractivity contribution >= 4 is 21.6 Å². The van der Waals surface area contributed by atoms with Crippen LogP contribution in [-0.2, 0) is 11.3 Å². The van der Waals surface area contributed by atoms with E-state index in [1.807, 2.05) is 12.1 Å². The highest BCUT2D eigenvalue weighted by molar-refractivity contribution is 9.10. The van der Waals surface area contributed by atoms with Crippen LogP contribution in [0.3, 0.4) is 0 Å². The molecule has 0 unspecified atom stereocenters. The molecule has 0 saturated carbocycles. The Kier molecular flexibility index (Phi) is 5.03. The highest BCUT2D eigenvalue weighted by Crippen LogP contribution is 2.24. The first-order valence-electron chi connectivity index (χ1n) is 6.44. The first-order valence-corrected chi connectivity index (χ1v) is 7.23. The number of nitrogen functional groups attached to an aromatic ring is 1. The fraction of sp³-hybridized carbons (Fsp3) is 0.571. The summed E-state index contributed by atoms with van der Waals surface area (Å²) in [6.45, 7) is 4.22. The van der Waals surface area contributed by atoms with E-state index in [1.165, 1.54) is 18.4 Å². The molecular weight excluding hydrogens is 292 g/mol. The van der Waals surface area contributed by atoms with Gasteiger partial charge in [-0.1, -0.05) is 22.0 Å². The van der Waals surface area contributed by atoms with E-state index in [2.05, 4.69) is 26.9 Å². The topological polar surface area (TPSA) is 38.5 Å². The summed E-state index contributed by atoms with van der Waals surface area (Å²) >= 11 is 3.58. The standard InChI is InChI=1S/C14H21BrN2O/c1-18-10-11-4-6-17(7-5-11)9-12-2-3-13(16)8-14(12)15/h2-3,8,11H,4-7,9-10,16H2,1H3. The summed E-state index contributed by atoms with van der Waals surface area (Å²) < 4.78 is 6.34. The van der Waals surface area contributed by atoms with Gasteiger partial charge in [0, 0.05) is 30.4 Å². The van der Waals surface area contributed by atoms with Gasteiger partial charge in [-0.15, -0.1) is 0 Å². The van der Waals surface area contributed by atoms with Crippen LogP contribution >= 0.6 is 15.9 Å². The van der Waals surface area contributed by atoms with Crippen molar-refractivity contribution in [2.45, 2.75) is 19.4 Å². The highest BCUT2D eigenvalue weighted by atomic mass is 79.9. The Morgan fingerprint density at radius 2 is 2.11 bits per heavy atom. The van der Waals surface area contributed by atoms with Gasteiger partial charge >= 0.3 is 0 Å². The smallest absolute Gasteiger partial charge is 0.0491 e. The molecule has 1 aliphatic heterocycles. The van der Waals surface area contributed by atoms with Crippen molar-refractivity contribution in [3.05, 3.63) is 28.2 Å². The molecule has 1 saturated heterocycles. The van der Waals surface area contributed by atoms with Gasteiger partial charge in [-0.2, -0.15) is 0 Å². The van der Waals surface area contributed by atoms with Crippen molar-refractivity contribution in [2.75, 3.05) is 32.5 Å². The second-order valence-electron chi connectivity index (χ2n) is 5.03. The number of piperidine rings is 1. The molecule has 0 spiro atoms. The summed E-state index contributed by atoms with van der Waals surface area (Å²) in [4.78, 5) is 2.50. The molecule has 0 bridgehead atoms. The van der Waals surface area contributed by atoms with E-state index in [9.17, 15) is 0 Å². The molecule has 2 rings (SSSR count). The lowest BCUT2D eigenvalue weighted by Crippen LogP contribution is -2.34. The van der Waals surface area contributed by atoms with Gasteiger partial charge in [-0.25, -0.2) is 0 Å². The number of nitrogens with zero attached hydrogens (tertiary/aromatic N) is 1. The maximum absolute atomic E-state index is 5.75. The third-order valence-corrected chi connectivity index (χ3v) is 4.32. The van der Waals surface area contributed by atoms with Gasteiger partial charge in [-0.3, -0.25) is 4.90 Å². The van der Waals surface area contributed by atoms with E-state index < -0.39 is 0 Å². The molecule has 0 amide bonds. The number of methoxy groups -OCH3 is 1. The molecule has 3 nitrogen and oxygen atoms in total. The molecular formula is C14H21BrN2O. The first kappa shape index (κ1) is 13.8. The lowest BCUT2D eigenvalue weighted by molar-refractivity contribution is 0.0967. The Bertz CT molecular complexity index is 389. The monoisotopic (exact) mass is 312 g/mol. The van der Waals surface area contributed by atoms with Crippen LogP contribution in [0.1, 0.15) is 18.4 Å². The Morgan fingerprint density at radius 3 is 2.72 bits per heavy atom. The summed E-state index contributed by atoms with van der Waals surface area (Å²) in [5, 5.41) is 0. The zero-order valence-corrected chi connectivity index (χ0v) is 12.4. The van der Waals surface area contributed by atoms with Gasteiger partial charge in [-0.05, 0) is 49.5 Å². The molecule has 2 N–H and O–H groups in total. The van der Waals surface area contributed by atoms with Crippen LogP contribution in [0.25, 0.3) is 0 Å². The predicted octanol–water partition coefficient (Wildman–Crippen LogP) is 2.89. The van der Waals surface area contributed by atoms with Crippen LogP contribution in [0.2, 0.25) is 0 Å². The number of hydrogen-bond acceptors (Lipinski definition) is 3. The summed E-state index contributed by atoms with van der Waals surface area (Å²) in [7, 11) is 1.79. The molecule has 1 aromatic rings. The van der Waals surface area contributed by atoms with Crippen LogP contribution in [-0.4, -0.2) is 31.7 Å². The van der Waals surface area contributed by atoms with Crippen molar-refractivity contribution in [2.24, 2.45) is 5.92 Å².